The summed E-state index contributed by atoms with van der Waals surface area (Å²) in [6, 6.07) is 9.61. The Labute approximate surface area is 217 Å². The zero-order valence-corrected chi connectivity index (χ0v) is 22.5. The van der Waals surface area contributed by atoms with E-state index in [0.29, 0.717) is 38.5 Å². The topological polar surface area (TPSA) is 111 Å². The molecule has 2 N–H and O–H groups in total. The van der Waals surface area contributed by atoms with Gasteiger partial charge >= 0.3 is 6.09 Å². The third kappa shape index (κ3) is 7.34. The number of ether oxygens (including phenoxy) is 1. The Bertz CT molecular complexity index is 1080. The number of anilines is 2. The first kappa shape index (κ1) is 27.3. The minimum absolute atomic E-state index is 0.0250. The van der Waals surface area contributed by atoms with Crippen molar-refractivity contribution >= 4 is 34.2 Å². The molecule has 0 saturated carbocycles. The minimum Gasteiger partial charge on any atom is -0.444 e. The van der Waals surface area contributed by atoms with E-state index in [1.807, 2.05) is 45.2 Å². The lowest BCUT2D eigenvalue weighted by Gasteiger charge is -2.37. The highest BCUT2D eigenvalue weighted by atomic mass is 32.1. The fourth-order valence-electron chi connectivity index (χ4n) is 4.08. The van der Waals surface area contributed by atoms with E-state index in [1.54, 1.807) is 4.90 Å². The first-order valence-electron chi connectivity index (χ1n) is 12.3. The van der Waals surface area contributed by atoms with E-state index in [-0.39, 0.29) is 18.5 Å². The third-order valence-corrected chi connectivity index (χ3v) is 6.44. The number of benzene rings is 1. The molecule has 1 saturated heterocycles. The number of nitrogens with zero attached hydrogens (tertiary/aromatic N) is 4. The van der Waals surface area contributed by atoms with E-state index in [4.69, 9.17) is 10.00 Å². The van der Waals surface area contributed by atoms with Crippen LogP contribution in [0.15, 0.2) is 30.5 Å². The van der Waals surface area contributed by atoms with Gasteiger partial charge in [0.1, 0.15) is 23.2 Å². The fourth-order valence-corrected chi connectivity index (χ4v) is 4.80. The second kappa shape index (κ2) is 12.1. The van der Waals surface area contributed by atoms with Crippen molar-refractivity contribution in [2.24, 2.45) is 5.92 Å². The van der Waals surface area contributed by atoms with Crippen molar-refractivity contribution in [3.63, 3.8) is 0 Å². The van der Waals surface area contributed by atoms with E-state index < -0.39 is 11.6 Å². The normalized spacial score (nSPS) is 14.8. The van der Waals surface area contributed by atoms with Gasteiger partial charge in [-0.3, -0.25) is 4.79 Å². The van der Waals surface area contributed by atoms with Crippen LogP contribution in [0.1, 0.15) is 41.0 Å². The number of carbonyl (C=O) groups is 2. The highest BCUT2D eigenvalue weighted by Crippen LogP contribution is 2.38. The molecule has 0 spiro atoms. The monoisotopic (exact) mass is 512 g/mol. The average Bonchev–Trinajstić information content (AvgIpc) is 3.29. The Morgan fingerprint density at radius 2 is 1.86 bits per heavy atom. The number of aromatic nitrogens is 1. The Morgan fingerprint density at radius 1 is 1.17 bits per heavy atom. The molecule has 9 nitrogen and oxygen atoms in total. The van der Waals surface area contributed by atoms with Crippen molar-refractivity contribution in [3.05, 3.63) is 30.5 Å². The van der Waals surface area contributed by atoms with Gasteiger partial charge in [0.25, 0.3) is 0 Å². The van der Waals surface area contributed by atoms with E-state index in [0.717, 1.165) is 21.8 Å². The zero-order chi connectivity index (χ0) is 26.3. The van der Waals surface area contributed by atoms with Gasteiger partial charge in [-0.25, -0.2) is 4.79 Å². The summed E-state index contributed by atoms with van der Waals surface area (Å²) in [5.74, 6) is 0.0939. The molecule has 1 atom stereocenters. The van der Waals surface area contributed by atoms with E-state index in [1.165, 1.54) is 11.5 Å². The second-order valence-electron chi connectivity index (χ2n) is 10.2. The first-order chi connectivity index (χ1) is 17.1. The van der Waals surface area contributed by atoms with Crippen LogP contribution in [0.3, 0.4) is 0 Å². The third-order valence-electron chi connectivity index (χ3n) is 5.71. The summed E-state index contributed by atoms with van der Waals surface area (Å²) >= 11 is 1.31. The summed E-state index contributed by atoms with van der Waals surface area (Å²) < 4.78 is 9.94. The highest BCUT2D eigenvalue weighted by Gasteiger charge is 2.28. The van der Waals surface area contributed by atoms with E-state index in [2.05, 4.69) is 45.9 Å². The van der Waals surface area contributed by atoms with Gasteiger partial charge in [-0.1, -0.05) is 32.0 Å². The summed E-state index contributed by atoms with van der Waals surface area (Å²) in [5, 5.41) is 15.7. The standard InChI is InChI=1S/C26H36N6O3S/c1-18(2)16-21(23(33)28-11-10-27)30-24-20(17-29-36-24)19-8-6-7-9-22(19)31-12-14-32(15-13-31)25(34)35-26(3,4)5/h6-9,17-18,21,30H,11-16H2,1-5H3,(H,28,33)/t21-/m0/s1. The quantitative estimate of drug-likeness (QED) is 0.507. The number of rotatable bonds is 8. The number of para-hydroxylation sites is 1. The minimum atomic E-state index is -0.519. The maximum absolute atomic E-state index is 12.7. The molecule has 36 heavy (non-hydrogen) atoms. The van der Waals surface area contributed by atoms with Gasteiger partial charge in [-0.05, 0) is 50.7 Å². The van der Waals surface area contributed by atoms with E-state index in [9.17, 15) is 9.59 Å². The van der Waals surface area contributed by atoms with Crippen LogP contribution in [0.5, 0.6) is 0 Å². The van der Waals surface area contributed by atoms with Crippen LogP contribution in [0.2, 0.25) is 0 Å². The van der Waals surface area contributed by atoms with Crippen LogP contribution in [0.25, 0.3) is 11.1 Å². The maximum Gasteiger partial charge on any atom is 0.410 e. The summed E-state index contributed by atoms with van der Waals surface area (Å²) in [4.78, 5) is 29.2. The van der Waals surface area contributed by atoms with Crippen molar-refractivity contribution in [1.29, 1.82) is 5.26 Å². The summed E-state index contributed by atoms with van der Waals surface area (Å²) in [6.07, 6.45) is 2.17. The van der Waals surface area contributed by atoms with E-state index >= 15 is 0 Å². The zero-order valence-electron chi connectivity index (χ0n) is 21.7. The Hall–Kier alpha value is -3.32. The van der Waals surface area contributed by atoms with Crippen molar-refractivity contribution in [3.8, 4) is 17.2 Å². The molecule has 1 fully saturated rings. The van der Waals surface area contributed by atoms with Crippen LogP contribution < -0.4 is 15.5 Å². The predicted molar refractivity (Wildman–Crippen MR) is 143 cm³/mol. The number of nitrogens with one attached hydrogen (secondary N) is 2. The number of nitriles is 1. The molecule has 0 unspecified atom stereocenters. The summed E-state index contributed by atoms with van der Waals surface area (Å²) in [7, 11) is 0. The Kier molecular flexibility index (Phi) is 9.15. The highest BCUT2D eigenvalue weighted by molar-refractivity contribution is 7.10. The molecule has 2 heterocycles. The lowest BCUT2D eigenvalue weighted by atomic mass is 10.0. The number of hydrogen-bond acceptors (Lipinski definition) is 8. The predicted octanol–water partition coefficient (Wildman–Crippen LogP) is 4.33. The van der Waals surface area contributed by atoms with Crippen molar-refractivity contribution in [1.82, 2.24) is 14.6 Å². The van der Waals surface area contributed by atoms with Crippen molar-refractivity contribution in [2.75, 3.05) is 42.9 Å². The number of amides is 2. The molecule has 0 bridgehead atoms. The van der Waals surface area contributed by atoms with Crippen molar-refractivity contribution in [2.45, 2.75) is 52.7 Å². The van der Waals surface area contributed by atoms with Gasteiger partial charge in [0.15, 0.2) is 0 Å². The first-order valence-corrected chi connectivity index (χ1v) is 13.0. The molecular weight excluding hydrogens is 476 g/mol. The average molecular weight is 513 g/mol. The molecule has 3 rings (SSSR count). The summed E-state index contributed by atoms with van der Waals surface area (Å²) in [6.45, 7) is 12.2. The van der Waals surface area contributed by atoms with Crippen LogP contribution in [-0.4, -0.2) is 65.6 Å². The Morgan fingerprint density at radius 3 is 2.50 bits per heavy atom. The van der Waals surface area contributed by atoms with Gasteiger partial charge in [0.2, 0.25) is 5.91 Å². The molecule has 194 valence electrons. The fraction of sp³-hybridized carbons (Fsp3) is 0.538. The van der Waals surface area contributed by atoms with Crippen LogP contribution in [0.4, 0.5) is 15.5 Å². The van der Waals surface area contributed by atoms with Crippen LogP contribution in [-0.2, 0) is 9.53 Å². The molecule has 0 aliphatic carbocycles. The van der Waals surface area contributed by atoms with Gasteiger partial charge in [-0.2, -0.15) is 9.64 Å². The molecule has 10 heteroatoms. The van der Waals surface area contributed by atoms with Gasteiger partial charge < -0.3 is 25.2 Å². The molecule has 1 aromatic heterocycles. The SMILES string of the molecule is CC(C)C[C@H](Nc1sncc1-c1ccccc1N1CCN(C(=O)OC(C)(C)C)CC1)C(=O)NCC#N. The smallest absolute Gasteiger partial charge is 0.410 e. The van der Waals surface area contributed by atoms with Crippen LogP contribution >= 0.6 is 11.5 Å². The molecule has 1 aliphatic rings. The molecular formula is C26H36N6O3S. The second-order valence-corrected chi connectivity index (χ2v) is 11.0. The number of piperazine rings is 1. The molecule has 2 aromatic rings. The largest absolute Gasteiger partial charge is 0.444 e. The lowest BCUT2D eigenvalue weighted by Crippen LogP contribution is -2.50. The van der Waals surface area contributed by atoms with Gasteiger partial charge in [0, 0.05) is 43.0 Å². The van der Waals surface area contributed by atoms with Crippen LogP contribution in [0, 0.1) is 17.2 Å². The molecule has 1 aliphatic heterocycles. The van der Waals surface area contributed by atoms with Crippen molar-refractivity contribution < 1.29 is 14.3 Å². The summed E-state index contributed by atoms with van der Waals surface area (Å²) in [5.41, 5.74) is 2.47. The molecule has 1 aromatic carbocycles. The molecule has 0 radical (unpaired) electrons. The molecule has 2 amide bonds. The Balaban J connectivity index is 1.78. The van der Waals surface area contributed by atoms with Gasteiger partial charge in [-0.15, -0.1) is 0 Å². The van der Waals surface area contributed by atoms with Gasteiger partial charge in [0.05, 0.1) is 12.3 Å². The number of carbonyl (C=O) groups excluding carboxylic acids is 2. The maximum atomic E-state index is 12.7. The number of hydrogen-bond donors (Lipinski definition) is 2. The lowest BCUT2D eigenvalue weighted by molar-refractivity contribution is -0.121.